The lowest BCUT2D eigenvalue weighted by molar-refractivity contribution is 0.0810. The smallest absolute Gasteiger partial charge is 0.0895 e. The second kappa shape index (κ2) is 8.04. The molecule has 0 aliphatic rings. The van der Waals surface area contributed by atoms with Gasteiger partial charge in [-0.2, -0.15) is 0 Å². The van der Waals surface area contributed by atoms with Gasteiger partial charge >= 0.3 is 0 Å². The number of unbranched alkanes of at least 4 members (excludes halogenated alkanes) is 1. The molecule has 0 radical (unpaired) electrons. The Labute approximate surface area is 100 Å². The van der Waals surface area contributed by atoms with Crippen molar-refractivity contribution in [3.05, 3.63) is 0 Å². The average Bonchev–Trinajstić information content (AvgIpc) is 2.26. The van der Waals surface area contributed by atoms with Gasteiger partial charge in [-0.1, -0.05) is 33.1 Å². The summed E-state index contributed by atoms with van der Waals surface area (Å²) in [6.07, 6.45) is 4.21. The second-order valence-corrected chi connectivity index (χ2v) is 5.19. The van der Waals surface area contributed by atoms with Gasteiger partial charge in [-0.25, -0.2) is 0 Å². The highest BCUT2D eigenvalue weighted by Crippen LogP contribution is 2.25. The van der Waals surface area contributed by atoms with E-state index >= 15 is 0 Å². The first-order valence-electron chi connectivity index (χ1n) is 6.51. The molecule has 2 unspecified atom stereocenters. The van der Waals surface area contributed by atoms with Crippen molar-refractivity contribution in [1.29, 1.82) is 0 Å². The van der Waals surface area contributed by atoms with E-state index in [-0.39, 0.29) is 12.1 Å². The summed E-state index contributed by atoms with van der Waals surface area (Å²) in [4.78, 5) is 0. The van der Waals surface area contributed by atoms with E-state index in [1.807, 2.05) is 0 Å². The fourth-order valence-electron chi connectivity index (χ4n) is 2.12. The Morgan fingerprint density at radius 3 is 2.31 bits per heavy atom. The van der Waals surface area contributed by atoms with Gasteiger partial charge in [-0.3, -0.25) is 0 Å². The van der Waals surface area contributed by atoms with E-state index in [0.717, 1.165) is 6.42 Å². The van der Waals surface area contributed by atoms with E-state index < -0.39 is 6.10 Å². The zero-order chi connectivity index (χ0) is 12.6. The van der Waals surface area contributed by atoms with E-state index in [2.05, 4.69) is 33.0 Å². The van der Waals surface area contributed by atoms with Crippen LogP contribution in [0, 0.1) is 5.92 Å². The monoisotopic (exact) mass is 231 g/mol. The Hall–Kier alpha value is -0.120. The molecule has 0 saturated heterocycles. The van der Waals surface area contributed by atoms with Crippen LogP contribution in [-0.4, -0.2) is 35.0 Å². The van der Waals surface area contributed by atoms with Gasteiger partial charge < -0.3 is 15.5 Å². The molecule has 3 nitrogen and oxygen atoms in total. The number of aliphatic hydroxyl groups is 2. The number of β-amino-alcohol motifs (C(OH)–C–C–N with tert-alkyl or cyclic N) is 1. The molecular weight excluding hydrogens is 202 g/mol. The number of hydrogen-bond donors (Lipinski definition) is 3. The maximum absolute atomic E-state index is 9.34. The molecular formula is C13H29NO2. The molecule has 0 aromatic rings. The van der Waals surface area contributed by atoms with Crippen LogP contribution in [0.1, 0.15) is 53.4 Å². The zero-order valence-corrected chi connectivity index (χ0v) is 11.3. The van der Waals surface area contributed by atoms with Gasteiger partial charge in [0.2, 0.25) is 0 Å². The van der Waals surface area contributed by atoms with Crippen molar-refractivity contribution in [2.45, 2.75) is 65.0 Å². The molecule has 0 aliphatic heterocycles. The molecule has 3 N–H and O–H groups in total. The summed E-state index contributed by atoms with van der Waals surface area (Å²) in [6, 6.07) is 0. The first-order chi connectivity index (χ1) is 7.47. The Bertz CT molecular complexity index is 171. The number of aliphatic hydroxyl groups excluding tert-OH is 2. The third-order valence-corrected chi connectivity index (χ3v) is 3.42. The Morgan fingerprint density at radius 1 is 1.25 bits per heavy atom. The van der Waals surface area contributed by atoms with Crippen molar-refractivity contribution in [3.8, 4) is 0 Å². The summed E-state index contributed by atoms with van der Waals surface area (Å²) in [5, 5.41) is 21.5. The summed E-state index contributed by atoms with van der Waals surface area (Å²) in [6.45, 7) is 9.08. The minimum absolute atomic E-state index is 0.0278. The predicted molar refractivity (Wildman–Crippen MR) is 68.5 cm³/mol. The molecule has 0 saturated carbocycles. The molecule has 0 fully saturated rings. The largest absolute Gasteiger partial charge is 0.394 e. The second-order valence-electron chi connectivity index (χ2n) is 5.19. The van der Waals surface area contributed by atoms with Crippen molar-refractivity contribution >= 4 is 0 Å². The van der Waals surface area contributed by atoms with Crippen LogP contribution in [0.2, 0.25) is 0 Å². The molecule has 0 aromatic heterocycles. The molecule has 0 bridgehead atoms. The van der Waals surface area contributed by atoms with Crippen LogP contribution in [0.5, 0.6) is 0 Å². The summed E-state index contributed by atoms with van der Waals surface area (Å²) in [5.41, 5.74) is 0.0278. The molecule has 0 amide bonds. The van der Waals surface area contributed by atoms with Crippen molar-refractivity contribution in [2.24, 2.45) is 5.92 Å². The molecule has 0 heterocycles. The van der Waals surface area contributed by atoms with Crippen molar-refractivity contribution < 1.29 is 10.2 Å². The Morgan fingerprint density at radius 2 is 1.88 bits per heavy atom. The van der Waals surface area contributed by atoms with Crippen LogP contribution in [0.25, 0.3) is 0 Å². The van der Waals surface area contributed by atoms with Crippen molar-refractivity contribution in [3.63, 3.8) is 0 Å². The zero-order valence-electron chi connectivity index (χ0n) is 11.3. The van der Waals surface area contributed by atoms with E-state index in [4.69, 9.17) is 5.11 Å². The van der Waals surface area contributed by atoms with Gasteiger partial charge in [0.05, 0.1) is 12.7 Å². The first-order valence-corrected chi connectivity index (χ1v) is 6.51. The summed E-state index contributed by atoms with van der Waals surface area (Å²) in [5.74, 6) is 0.623. The highest BCUT2D eigenvalue weighted by molar-refractivity contribution is 4.86. The third-order valence-electron chi connectivity index (χ3n) is 3.42. The van der Waals surface area contributed by atoms with E-state index in [9.17, 15) is 5.11 Å². The molecule has 3 heteroatoms. The normalized spacial score (nSPS) is 16.1. The van der Waals surface area contributed by atoms with Crippen LogP contribution >= 0.6 is 0 Å². The molecule has 0 spiro atoms. The quantitative estimate of drug-likeness (QED) is 0.568. The fraction of sp³-hybridized carbons (Fsp3) is 1.00. The summed E-state index contributed by atoms with van der Waals surface area (Å²) < 4.78 is 0. The van der Waals surface area contributed by atoms with Gasteiger partial charge in [0.15, 0.2) is 0 Å². The van der Waals surface area contributed by atoms with Gasteiger partial charge in [0.25, 0.3) is 0 Å². The summed E-state index contributed by atoms with van der Waals surface area (Å²) >= 11 is 0. The minimum Gasteiger partial charge on any atom is -0.394 e. The lowest BCUT2D eigenvalue weighted by Crippen LogP contribution is -2.49. The van der Waals surface area contributed by atoms with Crippen LogP contribution in [0.3, 0.4) is 0 Å². The molecule has 0 aromatic carbocycles. The van der Waals surface area contributed by atoms with E-state index in [1.54, 1.807) is 0 Å². The Balaban J connectivity index is 4.13. The van der Waals surface area contributed by atoms with Crippen molar-refractivity contribution in [1.82, 2.24) is 5.32 Å². The van der Waals surface area contributed by atoms with Crippen LogP contribution in [0.4, 0.5) is 0 Å². The van der Waals surface area contributed by atoms with Crippen molar-refractivity contribution in [2.75, 3.05) is 13.2 Å². The van der Waals surface area contributed by atoms with Gasteiger partial charge in [-0.15, -0.1) is 0 Å². The SMILES string of the molecule is CCCCC(CC)C(C)(C)NCC(O)CO. The molecule has 2 atom stereocenters. The first kappa shape index (κ1) is 15.9. The average molecular weight is 231 g/mol. The highest BCUT2D eigenvalue weighted by Gasteiger charge is 2.27. The van der Waals surface area contributed by atoms with Gasteiger partial charge in [0.1, 0.15) is 0 Å². The molecule has 16 heavy (non-hydrogen) atoms. The highest BCUT2D eigenvalue weighted by atomic mass is 16.3. The van der Waals surface area contributed by atoms with Crippen LogP contribution in [0.15, 0.2) is 0 Å². The molecule has 0 aliphatic carbocycles. The number of hydrogen-bond acceptors (Lipinski definition) is 3. The predicted octanol–water partition coefficient (Wildman–Crippen LogP) is 1.92. The lowest BCUT2D eigenvalue weighted by Gasteiger charge is -2.36. The number of nitrogens with one attached hydrogen (secondary N) is 1. The molecule has 98 valence electrons. The Kier molecular flexibility index (Phi) is 7.98. The van der Waals surface area contributed by atoms with Crippen LogP contribution < -0.4 is 5.32 Å². The van der Waals surface area contributed by atoms with E-state index in [0.29, 0.717) is 12.5 Å². The third kappa shape index (κ3) is 5.83. The van der Waals surface area contributed by atoms with Gasteiger partial charge in [0, 0.05) is 12.1 Å². The molecule has 0 rings (SSSR count). The van der Waals surface area contributed by atoms with E-state index in [1.165, 1.54) is 19.3 Å². The minimum atomic E-state index is -0.650. The maximum atomic E-state index is 9.34. The summed E-state index contributed by atoms with van der Waals surface area (Å²) in [7, 11) is 0. The maximum Gasteiger partial charge on any atom is 0.0895 e. The number of rotatable bonds is 9. The lowest BCUT2D eigenvalue weighted by atomic mass is 9.81. The standard InChI is InChI=1S/C13H29NO2/c1-5-7-8-11(6-2)13(3,4)14-9-12(16)10-15/h11-12,14-16H,5-10H2,1-4H3. The van der Waals surface area contributed by atoms with Gasteiger partial charge in [-0.05, 0) is 26.2 Å². The topological polar surface area (TPSA) is 52.5 Å². The van der Waals surface area contributed by atoms with Crippen LogP contribution in [-0.2, 0) is 0 Å². The fourth-order valence-corrected chi connectivity index (χ4v) is 2.12.